The average molecular weight is 283 g/mol. The van der Waals surface area contributed by atoms with Crippen molar-refractivity contribution < 1.29 is 9.53 Å². The molecule has 1 aromatic heterocycles. The molecule has 1 rings (SSSR count). The average Bonchev–Trinajstić information content (AvgIpc) is 2.71. The summed E-state index contributed by atoms with van der Waals surface area (Å²) in [4.78, 5) is 12.9. The molecule has 1 N–H and O–H groups in total. The van der Waals surface area contributed by atoms with E-state index in [1.54, 1.807) is 11.3 Å². The van der Waals surface area contributed by atoms with E-state index in [9.17, 15) is 4.79 Å². The second kappa shape index (κ2) is 6.42. The molecule has 1 amide bonds. The van der Waals surface area contributed by atoms with Gasteiger partial charge in [0.1, 0.15) is 5.60 Å². The number of carbonyl (C=O) groups excluding carboxylic acids is 1. The minimum Gasteiger partial charge on any atom is -0.444 e. The second-order valence-electron chi connectivity index (χ2n) is 6.25. The Morgan fingerprint density at radius 2 is 2.00 bits per heavy atom. The lowest BCUT2D eigenvalue weighted by Crippen LogP contribution is -2.32. The number of hydrogen-bond acceptors (Lipinski definition) is 3. The Bertz CT molecular complexity index is 418. The van der Waals surface area contributed by atoms with Crippen LogP contribution in [0.1, 0.15) is 57.9 Å². The molecule has 1 unspecified atom stereocenters. The van der Waals surface area contributed by atoms with E-state index in [0.717, 1.165) is 5.56 Å². The number of nitrogens with one attached hydrogen (secondary N) is 1. The molecule has 1 atom stereocenters. The first kappa shape index (κ1) is 16.0. The molecule has 108 valence electrons. The van der Waals surface area contributed by atoms with Crippen LogP contribution in [0.2, 0.25) is 0 Å². The van der Waals surface area contributed by atoms with Crippen LogP contribution in [0.4, 0.5) is 4.79 Å². The summed E-state index contributed by atoms with van der Waals surface area (Å²) in [6.45, 7) is 12.8. The lowest BCUT2D eigenvalue weighted by molar-refractivity contribution is 0.0523. The van der Waals surface area contributed by atoms with Crippen molar-refractivity contribution in [3.63, 3.8) is 0 Å². The van der Waals surface area contributed by atoms with Gasteiger partial charge in [-0.05, 0) is 49.6 Å². The van der Waals surface area contributed by atoms with Crippen LogP contribution in [0, 0.1) is 5.92 Å². The maximum Gasteiger partial charge on any atom is 0.407 e. The summed E-state index contributed by atoms with van der Waals surface area (Å²) < 4.78 is 5.21. The molecule has 0 aliphatic heterocycles. The molecule has 3 nitrogen and oxygen atoms in total. The summed E-state index contributed by atoms with van der Waals surface area (Å²) >= 11 is 1.76. The van der Waals surface area contributed by atoms with Crippen LogP contribution >= 0.6 is 11.3 Å². The molecule has 1 heterocycles. The fourth-order valence-electron chi connectivity index (χ4n) is 1.54. The number of ether oxygens (including phenoxy) is 1. The van der Waals surface area contributed by atoms with Gasteiger partial charge in [0.25, 0.3) is 0 Å². The summed E-state index contributed by atoms with van der Waals surface area (Å²) in [6, 6.07) is 2.17. The number of thiophene rings is 1. The number of hydrogen-bond donors (Lipinski definition) is 1. The maximum atomic E-state index is 11.6. The highest BCUT2D eigenvalue weighted by Crippen LogP contribution is 2.29. The summed E-state index contributed by atoms with van der Waals surface area (Å²) in [7, 11) is 0. The van der Waals surface area contributed by atoms with Gasteiger partial charge in [-0.3, -0.25) is 0 Å². The molecular weight excluding hydrogens is 258 g/mol. The van der Waals surface area contributed by atoms with Crippen molar-refractivity contribution in [3.05, 3.63) is 21.9 Å². The molecule has 0 bridgehead atoms. The van der Waals surface area contributed by atoms with Crippen molar-refractivity contribution in [2.75, 3.05) is 0 Å². The van der Waals surface area contributed by atoms with E-state index in [2.05, 4.69) is 37.5 Å². The summed E-state index contributed by atoms with van der Waals surface area (Å²) in [5.41, 5.74) is 0.689. The third kappa shape index (κ3) is 5.64. The maximum absolute atomic E-state index is 11.6. The van der Waals surface area contributed by atoms with E-state index in [1.807, 2.05) is 20.8 Å². The molecule has 0 aliphatic rings. The Kier molecular flexibility index (Phi) is 5.41. The Labute approximate surface area is 120 Å². The van der Waals surface area contributed by atoms with Crippen molar-refractivity contribution in [2.24, 2.45) is 5.92 Å². The predicted molar refractivity (Wildman–Crippen MR) is 80.6 cm³/mol. The molecule has 1 aromatic rings. The highest BCUT2D eigenvalue weighted by atomic mass is 32.1. The van der Waals surface area contributed by atoms with E-state index < -0.39 is 5.60 Å². The lowest BCUT2D eigenvalue weighted by atomic mass is 9.96. The molecular formula is C15H25NO2S. The first-order valence-electron chi connectivity index (χ1n) is 6.73. The van der Waals surface area contributed by atoms with Crippen LogP contribution in [-0.4, -0.2) is 11.7 Å². The quantitative estimate of drug-likeness (QED) is 0.881. The number of amides is 1. The molecule has 0 aromatic carbocycles. The molecule has 0 saturated heterocycles. The summed E-state index contributed by atoms with van der Waals surface area (Å²) in [5, 5.41) is 4.89. The lowest BCUT2D eigenvalue weighted by Gasteiger charge is -2.19. The van der Waals surface area contributed by atoms with Crippen LogP contribution in [-0.2, 0) is 11.3 Å². The van der Waals surface area contributed by atoms with Crippen molar-refractivity contribution in [3.8, 4) is 0 Å². The summed E-state index contributed by atoms with van der Waals surface area (Å²) in [5.74, 6) is 1.19. The number of alkyl carbamates (subject to hydrolysis) is 1. The zero-order valence-corrected chi connectivity index (χ0v) is 13.6. The third-order valence-corrected chi connectivity index (χ3v) is 4.14. The first-order valence-corrected chi connectivity index (χ1v) is 7.61. The van der Waals surface area contributed by atoms with Gasteiger partial charge in [0.15, 0.2) is 0 Å². The van der Waals surface area contributed by atoms with E-state index in [-0.39, 0.29) is 6.09 Å². The molecule has 0 radical (unpaired) electrons. The summed E-state index contributed by atoms with van der Waals surface area (Å²) in [6.07, 6.45) is -0.364. The monoisotopic (exact) mass is 283 g/mol. The number of rotatable bonds is 4. The van der Waals surface area contributed by atoms with Crippen molar-refractivity contribution in [2.45, 2.75) is 59.6 Å². The minimum atomic E-state index is -0.448. The van der Waals surface area contributed by atoms with Crippen LogP contribution in [0.5, 0.6) is 0 Å². The minimum absolute atomic E-state index is 0.364. The second-order valence-corrected chi connectivity index (χ2v) is 7.19. The molecule has 0 saturated carbocycles. The van der Waals surface area contributed by atoms with Gasteiger partial charge in [0.2, 0.25) is 0 Å². The van der Waals surface area contributed by atoms with Crippen molar-refractivity contribution >= 4 is 17.4 Å². The van der Waals surface area contributed by atoms with Crippen molar-refractivity contribution in [1.29, 1.82) is 0 Å². The van der Waals surface area contributed by atoms with Crippen LogP contribution in [0.25, 0.3) is 0 Å². The zero-order chi connectivity index (χ0) is 14.6. The van der Waals surface area contributed by atoms with Gasteiger partial charge in [-0.25, -0.2) is 4.79 Å². The molecule has 19 heavy (non-hydrogen) atoms. The molecule has 4 heteroatoms. The van der Waals surface area contributed by atoms with E-state index in [4.69, 9.17) is 4.74 Å². The van der Waals surface area contributed by atoms with Gasteiger partial charge in [0, 0.05) is 11.4 Å². The van der Waals surface area contributed by atoms with Gasteiger partial charge in [-0.1, -0.05) is 20.8 Å². The fraction of sp³-hybridized carbons (Fsp3) is 0.667. The third-order valence-electron chi connectivity index (χ3n) is 2.96. The van der Waals surface area contributed by atoms with Gasteiger partial charge in [0.05, 0.1) is 0 Å². The van der Waals surface area contributed by atoms with Crippen molar-refractivity contribution in [1.82, 2.24) is 5.32 Å². The molecule has 0 fully saturated rings. The topological polar surface area (TPSA) is 38.3 Å². The van der Waals surface area contributed by atoms with Gasteiger partial charge in [-0.15, -0.1) is 11.3 Å². The largest absolute Gasteiger partial charge is 0.444 e. The Balaban J connectivity index is 2.49. The normalized spacial score (nSPS) is 13.4. The molecule has 0 aliphatic carbocycles. The van der Waals surface area contributed by atoms with Gasteiger partial charge >= 0.3 is 6.09 Å². The molecule has 0 spiro atoms. The predicted octanol–water partition coefficient (Wildman–Crippen LogP) is 4.53. The van der Waals surface area contributed by atoms with Gasteiger partial charge in [-0.2, -0.15) is 0 Å². The van der Waals surface area contributed by atoms with E-state index >= 15 is 0 Å². The zero-order valence-electron chi connectivity index (χ0n) is 12.7. The Morgan fingerprint density at radius 1 is 1.37 bits per heavy atom. The van der Waals surface area contributed by atoms with Crippen LogP contribution in [0.15, 0.2) is 11.4 Å². The highest BCUT2D eigenvalue weighted by Gasteiger charge is 2.16. The van der Waals surface area contributed by atoms with Crippen LogP contribution < -0.4 is 5.32 Å². The Hall–Kier alpha value is -1.03. The van der Waals surface area contributed by atoms with E-state index in [1.165, 1.54) is 4.88 Å². The number of carbonyl (C=O) groups is 1. The SMILES string of the molecule is CC(C)C(C)c1cc(CNC(=O)OC(C)(C)C)cs1. The first-order chi connectivity index (χ1) is 8.69. The standard InChI is InChI=1S/C15H25NO2S/c1-10(2)11(3)13-7-12(9-19-13)8-16-14(17)18-15(4,5)6/h7,9-11H,8H2,1-6H3,(H,16,17). The highest BCUT2D eigenvalue weighted by molar-refractivity contribution is 7.10. The van der Waals surface area contributed by atoms with Gasteiger partial charge < -0.3 is 10.1 Å². The van der Waals surface area contributed by atoms with E-state index in [0.29, 0.717) is 18.4 Å². The Morgan fingerprint density at radius 3 is 2.53 bits per heavy atom. The smallest absolute Gasteiger partial charge is 0.407 e. The van der Waals surface area contributed by atoms with Crippen LogP contribution in [0.3, 0.4) is 0 Å². The fourth-order valence-corrected chi connectivity index (χ4v) is 2.69.